The molecule has 1 N–H and O–H groups in total. The Morgan fingerprint density at radius 2 is 2.14 bits per heavy atom. The standard InChI is InChI=1S/C17H27BrN2O/c1-14(2)11-19-12-15-4-5-16(17(18)10-15)13-20-6-3-8-21-9-7-20/h4-5,10,14,19H,3,6-9,11-13H2,1-2H3. The molecule has 0 radical (unpaired) electrons. The van der Waals surface area contributed by atoms with Gasteiger partial charge in [-0.3, -0.25) is 4.90 Å². The van der Waals surface area contributed by atoms with Crippen LogP contribution in [0.5, 0.6) is 0 Å². The number of rotatable bonds is 6. The molecule has 3 nitrogen and oxygen atoms in total. The third-order valence-corrected chi connectivity index (χ3v) is 4.45. The fourth-order valence-electron chi connectivity index (χ4n) is 2.53. The molecule has 0 aliphatic carbocycles. The monoisotopic (exact) mass is 354 g/mol. The van der Waals surface area contributed by atoms with Crippen molar-refractivity contribution in [2.24, 2.45) is 5.92 Å². The molecule has 4 heteroatoms. The summed E-state index contributed by atoms with van der Waals surface area (Å²) in [6.07, 6.45) is 1.13. The maximum Gasteiger partial charge on any atom is 0.0593 e. The fourth-order valence-corrected chi connectivity index (χ4v) is 3.08. The number of hydrogen-bond acceptors (Lipinski definition) is 3. The highest BCUT2D eigenvalue weighted by Crippen LogP contribution is 2.21. The number of benzene rings is 1. The second-order valence-corrected chi connectivity index (χ2v) is 7.05. The predicted octanol–water partition coefficient (Wildman–Crippen LogP) is 3.42. The number of ether oxygens (including phenoxy) is 1. The largest absolute Gasteiger partial charge is 0.380 e. The van der Waals surface area contributed by atoms with Crippen LogP contribution in [0.15, 0.2) is 22.7 Å². The number of nitrogens with one attached hydrogen (secondary N) is 1. The van der Waals surface area contributed by atoms with Crippen molar-refractivity contribution < 1.29 is 4.74 Å². The van der Waals surface area contributed by atoms with E-state index in [1.807, 2.05) is 0 Å². The highest BCUT2D eigenvalue weighted by Gasteiger charge is 2.11. The van der Waals surface area contributed by atoms with E-state index in [4.69, 9.17) is 4.74 Å². The van der Waals surface area contributed by atoms with Gasteiger partial charge in [0.05, 0.1) is 6.61 Å². The first-order chi connectivity index (χ1) is 10.1. The topological polar surface area (TPSA) is 24.5 Å². The Kier molecular flexibility index (Phi) is 7.17. The fraction of sp³-hybridized carbons (Fsp3) is 0.647. The Balaban J connectivity index is 1.88. The van der Waals surface area contributed by atoms with Gasteiger partial charge in [0.2, 0.25) is 0 Å². The van der Waals surface area contributed by atoms with Crippen LogP contribution in [0.1, 0.15) is 31.4 Å². The molecular formula is C17H27BrN2O. The SMILES string of the molecule is CC(C)CNCc1ccc(CN2CCCOCC2)c(Br)c1. The van der Waals surface area contributed by atoms with Crippen LogP contribution in [-0.4, -0.2) is 37.7 Å². The highest BCUT2D eigenvalue weighted by atomic mass is 79.9. The van der Waals surface area contributed by atoms with E-state index in [0.717, 1.165) is 52.4 Å². The molecule has 1 aliphatic heterocycles. The van der Waals surface area contributed by atoms with E-state index < -0.39 is 0 Å². The van der Waals surface area contributed by atoms with Crippen molar-refractivity contribution in [3.05, 3.63) is 33.8 Å². The van der Waals surface area contributed by atoms with E-state index in [1.54, 1.807) is 0 Å². The van der Waals surface area contributed by atoms with E-state index in [1.165, 1.54) is 15.6 Å². The Morgan fingerprint density at radius 3 is 2.90 bits per heavy atom. The summed E-state index contributed by atoms with van der Waals surface area (Å²) >= 11 is 3.73. The molecule has 0 aromatic heterocycles. The first-order valence-corrected chi connectivity index (χ1v) is 8.72. The van der Waals surface area contributed by atoms with Gasteiger partial charge in [-0.2, -0.15) is 0 Å². The molecule has 1 aliphatic rings. The maximum atomic E-state index is 5.51. The Bertz CT molecular complexity index is 429. The molecule has 0 atom stereocenters. The van der Waals surface area contributed by atoms with Gasteiger partial charge in [0.25, 0.3) is 0 Å². The quantitative estimate of drug-likeness (QED) is 0.846. The van der Waals surface area contributed by atoms with Gasteiger partial charge in [-0.15, -0.1) is 0 Å². The molecule has 0 unspecified atom stereocenters. The summed E-state index contributed by atoms with van der Waals surface area (Å²) in [6, 6.07) is 6.74. The van der Waals surface area contributed by atoms with Crippen LogP contribution in [-0.2, 0) is 17.8 Å². The summed E-state index contributed by atoms with van der Waals surface area (Å²) in [7, 11) is 0. The zero-order valence-corrected chi connectivity index (χ0v) is 14.8. The molecule has 1 saturated heterocycles. The second kappa shape index (κ2) is 8.89. The zero-order chi connectivity index (χ0) is 15.1. The molecule has 0 spiro atoms. The lowest BCUT2D eigenvalue weighted by Gasteiger charge is -2.20. The summed E-state index contributed by atoms with van der Waals surface area (Å²) in [5.74, 6) is 0.693. The average molecular weight is 355 g/mol. The van der Waals surface area contributed by atoms with E-state index in [-0.39, 0.29) is 0 Å². The third-order valence-electron chi connectivity index (χ3n) is 3.71. The highest BCUT2D eigenvalue weighted by molar-refractivity contribution is 9.10. The summed E-state index contributed by atoms with van der Waals surface area (Å²) in [4.78, 5) is 2.48. The molecular weight excluding hydrogens is 328 g/mol. The lowest BCUT2D eigenvalue weighted by molar-refractivity contribution is 0.140. The van der Waals surface area contributed by atoms with Gasteiger partial charge >= 0.3 is 0 Å². The number of hydrogen-bond donors (Lipinski definition) is 1. The first kappa shape index (κ1) is 16.9. The van der Waals surface area contributed by atoms with Crippen molar-refractivity contribution >= 4 is 15.9 Å². The number of nitrogens with zero attached hydrogens (tertiary/aromatic N) is 1. The van der Waals surface area contributed by atoms with E-state index >= 15 is 0 Å². The van der Waals surface area contributed by atoms with Crippen molar-refractivity contribution in [2.75, 3.05) is 32.8 Å². The molecule has 0 saturated carbocycles. The van der Waals surface area contributed by atoms with Crippen LogP contribution >= 0.6 is 15.9 Å². The van der Waals surface area contributed by atoms with Gasteiger partial charge in [-0.1, -0.05) is 41.9 Å². The first-order valence-electron chi connectivity index (χ1n) is 7.93. The van der Waals surface area contributed by atoms with Crippen LogP contribution in [0.25, 0.3) is 0 Å². The lowest BCUT2D eigenvalue weighted by atomic mass is 10.1. The zero-order valence-electron chi connectivity index (χ0n) is 13.2. The lowest BCUT2D eigenvalue weighted by Crippen LogP contribution is -2.26. The number of halogens is 1. The van der Waals surface area contributed by atoms with Crippen molar-refractivity contribution in [3.63, 3.8) is 0 Å². The second-order valence-electron chi connectivity index (χ2n) is 6.19. The molecule has 21 heavy (non-hydrogen) atoms. The summed E-state index contributed by atoms with van der Waals surface area (Å²) in [5.41, 5.74) is 2.70. The molecule has 0 amide bonds. The molecule has 1 aromatic carbocycles. The maximum absolute atomic E-state index is 5.51. The van der Waals surface area contributed by atoms with Crippen molar-refractivity contribution in [1.29, 1.82) is 0 Å². The van der Waals surface area contributed by atoms with E-state index in [9.17, 15) is 0 Å². The van der Waals surface area contributed by atoms with Gasteiger partial charge in [-0.25, -0.2) is 0 Å². The van der Waals surface area contributed by atoms with Gasteiger partial charge in [0.15, 0.2) is 0 Å². The van der Waals surface area contributed by atoms with Gasteiger partial charge in [0, 0.05) is 37.3 Å². The molecule has 1 heterocycles. The summed E-state index contributed by atoms with van der Waals surface area (Å²) < 4.78 is 6.73. The third kappa shape index (κ3) is 6.07. The van der Waals surface area contributed by atoms with Gasteiger partial charge in [0.1, 0.15) is 0 Å². The Morgan fingerprint density at radius 1 is 1.29 bits per heavy atom. The van der Waals surface area contributed by atoms with Crippen LogP contribution in [0.4, 0.5) is 0 Å². The van der Waals surface area contributed by atoms with Crippen LogP contribution in [0, 0.1) is 5.92 Å². The average Bonchev–Trinajstić information content (AvgIpc) is 2.70. The Hall–Kier alpha value is -0.420. The minimum absolute atomic E-state index is 0.693. The summed E-state index contributed by atoms with van der Waals surface area (Å²) in [5, 5.41) is 3.49. The van der Waals surface area contributed by atoms with Gasteiger partial charge < -0.3 is 10.1 Å². The molecule has 2 rings (SSSR count). The van der Waals surface area contributed by atoms with Crippen LogP contribution in [0.3, 0.4) is 0 Å². The van der Waals surface area contributed by atoms with Crippen molar-refractivity contribution in [2.45, 2.75) is 33.4 Å². The van der Waals surface area contributed by atoms with E-state index in [0.29, 0.717) is 5.92 Å². The van der Waals surface area contributed by atoms with Crippen LogP contribution in [0.2, 0.25) is 0 Å². The van der Waals surface area contributed by atoms with E-state index in [2.05, 4.69) is 58.2 Å². The minimum atomic E-state index is 0.693. The van der Waals surface area contributed by atoms with Gasteiger partial charge in [-0.05, 0) is 36.1 Å². The van der Waals surface area contributed by atoms with Crippen LogP contribution < -0.4 is 5.32 Å². The predicted molar refractivity (Wildman–Crippen MR) is 91.4 cm³/mol. The minimum Gasteiger partial charge on any atom is -0.380 e. The summed E-state index contributed by atoms with van der Waals surface area (Å²) in [6.45, 7) is 11.4. The van der Waals surface area contributed by atoms with Crippen molar-refractivity contribution in [3.8, 4) is 0 Å². The molecule has 118 valence electrons. The molecule has 0 bridgehead atoms. The normalized spacial score (nSPS) is 17.1. The smallest absolute Gasteiger partial charge is 0.0593 e. The molecule has 1 fully saturated rings. The van der Waals surface area contributed by atoms with Crippen molar-refractivity contribution in [1.82, 2.24) is 10.2 Å². The Labute approximate surface area is 137 Å². The molecule has 1 aromatic rings.